The topological polar surface area (TPSA) is 3.01 Å². The molecule has 2 rings (SSSR count). The fraction of sp³-hybridized carbons (Fsp3) is 0.300. The molecule has 0 bridgehead atoms. The van der Waals surface area contributed by atoms with Gasteiger partial charge in [0.05, 0.1) is 10.6 Å². The molecule has 0 unspecified atom stereocenters. The summed E-state index contributed by atoms with van der Waals surface area (Å²) in [5.41, 5.74) is 2.77. The van der Waals surface area contributed by atoms with E-state index in [-0.39, 0.29) is 0 Å². The quantitative estimate of drug-likeness (QED) is 0.552. The van der Waals surface area contributed by atoms with Crippen LogP contribution in [-0.4, -0.2) is 23.1 Å². The van der Waals surface area contributed by atoms with Crippen molar-refractivity contribution in [3.8, 4) is 0 Å². The monoisotopic (exact) mass is 178 g/mol. The summed E-state index contributed by atoms with van der Waals surface area (Å²) in [6, 6.07) is 8.54. The molecule has 0 amide bonds. The van der Waals surface area contributed by atoms with E-state index in [1.54, 1.807) is 0 Å². The minimum Gasteiger partial charge on any atom is -0.201 e. The van der Waals surface area contributed by atoms with Gasteiger partial charge in [-0.1, -0.05) is 12.1 Å². The minimum absolute atomic E-state index is 1.12. The second-order valence-electron chi connectivity index (χ2n) is 3.05. The van der Waals surface area contributed by atoms with Crippen LogP contribution in [-0.2, 0) is 0 Å². The predicted molar refractivity (Wildman–Crippen MR) is 53.7 cm³/mol. The van der Waals surface area contributed by atoms with Crippen LogP contribution in [0.4, 0.5) is 5.69 Å². The van der Waals surface area contributed by atoms with Crippen LogP contribution in [0.3, 0.4) is 0 Å². The lowest BCUT2D eigenvalue weighted by molar-refractivity contribution is -0.409. The van der Waals surface area contributed by atoms with Crippen LogP contribution in [0.15, 0.2) is 29.2 Å². The summed E-state index contributed by atoms with van der Waals surface area (Å²) in [6.45, 7) is 2.18. The van der Waals surface area contributed by atoms with Crippen LogP contribution >= 0.6 is 11.8 Å². The normalized spacial score (nSPS) is 16.2. The number of hydrogen-bond acceptors (Lipinski definition) is 1. The van der Waals surface area contributed by atoms with Gasteiger partial charge in [0.25, 0.3) is 0 Å². The van der Waals surface area contributed by atoms with E-state index in [1.165, 1.54) is 16.3 Å². The third kappa shape index (κ3) is 1.16. The SMILES string of the molecule is CC1=[N+](C)c2ccccc2SC1. The van der Waals surface area contributed by atoms with Crippen molar-refractivity contribution in [3.63, 3.8) is 0 Å². The van der Waals surface area contributed by atoms with E-state index in [0.717, 1.165) is 5.75 Å². The van der Waals surface area contributed by atoms with Crippen molar-refractivity contribution in [2.45, 2.75) is 11.8 Å². The number of nitrogens with zero attached hydrogens (tertiary/aromatic N) is 1. The van der Waals surface area contributed by atoms with Gasteiger partial charge in [0.2, 0.25) is 5.69 Å². The molecule has 0 aliphatic carbocycles. The van der Waals surface area contributed by atoms with Gasteiger partial charge in [-0.2, -0.15) is 0 Å². The molecule has 1 nitrogen and oxygen atoms in total. The average Bonchev–Trinajstić information content (AvgIpc) is 2.12. The van der Waals surface area contributed by atoms with Crippen LogP contribution in [0.5, 0.6) is 0 Å². The number of benzene rings is 1. The number of hydrogen-bond donors (Lipinski definition) is 0. The first-order valence-electron chi connectivity index (χ1n) is 4.07. The molecule has 0 N–H and O–H groups in total. The molecule has 0 atom stereocenters. The Morgan fingerprint density at radius 1 is 1.33 bits per heavy atom. The van der Waals surface area contributed by atoms with Crippen LogP contribution in [0.25, 0.3) is 0 Å². The molecule has 2 heteroatoms. The second-order valence-corrected chi connectivity index (χ2v) is 4.07. The van der Waals surface area contributed by atoms with Gasteiger partial charge in [-0.05, 0) is 6.07 Å². The Bertz CT molecular complexity index is 341. The molecule has 1 aromatic rings. The van der Waals surface area contributed by atoms with Crippen molar-refractivity contribution in [1.29, 1.82) is 0 Å². The first kappa shape index (κ1) is 7.87. The van der Waals surface area contributed by atoms with Gasteiger partial charge in [-0.15, -0.1) is 11.8 Å². The highest BCUT2D eigenvalue weighted by Gasteiger charge is 2.19. The third-order valence-corrected chi connectivity index (χ3v) is 3.45. The lowest BCUT2D eigenvalue weighted by Gasteiger charge is -2.11. The van der Waals surface area contributed by atoms with Crippen molar-refractivity contribution in [3.05, 3.63) is 24.3 Å². The smallest absolute Gasteiger partial charge is 0.201 e. The van der Waals surface area contributed by atoms with Gasteiger partial charge in [0.15, 0.2) is 5.71 Å². The first-order chi connectivity index (χ1) is 5.79. The fourth-order valence-electron chi connectivity index (χ4n) is 1.34. The molecular formula is C10H12NS+. The maximum atomic E-state index is 2.27. The van der Waals surface area contributed by atoms with E-state index in [2.05, 4.69) is 42.8 Å². The van der Waals surface area contributed by atoms with Crippen molar-refractivity contribution >= 4 is 23.2 Å². The minimum atomic E-state index is 1.12. The molecule has 0 fully saturated rings. The van der Waals surface area contributed by atoms with Crippen LogP contribution in [0.2, 0.25) is 0 Å². The highest BCUT2D eigenvalue weighted by atomic mass is 32.2. The standard InChI is InChI=1S/C10H12NS/c1-8-7-12-10-6-4-3-5-9(10)11(8)2/h3-6H,7H2,1-2H3/q+1. The molecule has 0 saturated carbocycles. The number of fused-ring (bicyclic) bond motifs is 1. The lowest BCUT2D eigenvalue weighted by Crippen LogP contribution is -2.16. The highest BCUT2D eigenvalue weighted by molar-refractivity contribution is 8.00. The van der Waals surface area contributed by atoms with Gasteiger partial charge < -0.3 is 0 Å². The zero-order valence-corrected chi connectivity index (χ0v) is 8.19. The summed E-state index contributed by atoms with van der Waals surface area (Å²) in [6.07, 6.45) is 0. The summed E-state index contributed by atoms with van der Waals surface area (Å²) >= 11 is 1.92. The zero-order chi connectivity index (χ0) is 8.55. The van der Waals surface area contributed by atoms with Gasteiger partial charge in [-0.25, -0.2) is 4.58 Å². The van der Waals surface area contributed by atoms with Gasteiger partial charge in [0.1, 0.15) is 7.05 Å². The zero-order valence-electron chi connectivity index (χ0n) is 7.37. The average molecular weight is 178 g/mol. The van der Waals surface area contributed by atoms with Crippen molar-refractivity contribution in [2.75, 3.05) is 12.8 Å². The Morgan fingerprint density at radius 2 is 2.08 bits per heavy atom. The summed E-state index contributed by atoms with van der Waals surface area (Å²) < 4.78 is 2.27. The Hall–Kier alpha value is -0.760. The number of para-hydroxylation sites is 1. The maximum Gasteiger partial charge on any atom is 0.218 e. The van der Waals surface area contributed by atoms with Gasteiger partial charge >= 0.3 is 0 Å². The largest absolute Gasteiger partial charge is 0.218 e. The predicted octanol–water partition coefficient (Wildman–Crippen LogP) is 2.53. The molecule has 1 heterocycles. The van der Waals surface area contributed by atoms with Gasteiger partial charge in [0, 0.05) is 13.0 Å². The molecule has 1 aliphatic rings. The molecule has 1 aromatic carbocycles. The Balaban J connectivity index is 2.59. The van der Waals surface area contributed by atoms with Crippen molar-refractivity contribution in [2.24, 2.45) is 0 Å². The van der Waals surface area contributed by atoms with Gasteiger partial charge in [-0.3, -0.25) is 0 Å². The van der Waals surface area contributed by atoms with Crippen molar-refractivity contribution < 1.29 is 4.58 Å². The summed E-state index contributed by atoms with van der Waals surface area (Å²) in [7, 11) is 2.13. The molecule has 12 heavy (non-hydrogen) atoms. The highest BCUT2D eigenvalue weighted by Crippen LogP contribution is 2.31. The molecule has 0 radical (unpaired) electrons. The van der Waals surface area contributed by atoms with Crippen molar-refractivity contribution in [1.82, 2.24) is 0 Å². The first-order valence-corrected chi connectivity index (χ1v) is 5.05. The summed E-state index contributed by atoms with van der Waals surface area (Å²) in [4.78, 5) is 1.39. The Labute approximate surface area is 77.1 Å². The Kier molecular flexibility index (Phi) is 1.93. The lowest BCUT2D eigenvalue weighted by atomic mass is 10.3. The summed E-state index contributed by atoms with van der Waals surface area (Å²) in [5.74, 6) is 1.12. The summed E-state index contributed by atoms with van der Waals surface area (Å²) in [5, 5.41) is 0. The molecule has 0 aromatic heterocycles. The Morgan fingerprint density at radius 3 is 2.92 bits per heavy atom. The van der Waals surface area contributed by atoms with E-state index in [1.807, 2.05) is 11.8 Å². The molecular weight excluding hydrogens is 166 g/mol. The second kappa shape index (κ2) is 2.94. The molecule has 62 valence electrons. The van der Waals surface area contributed by atoms with Crippen LogP contribution in [0, 0.1) is 0 Å². The van der Waals surface area contributed by atoms with E-state index < -0.39 is 0 Å². The number of thioether (sulfide) groups is 1. The maximum absolute atomic E-state index is 2.27. The van der Waals surface area contributed by atoms with E-state index in [0.29, 0.717) is 0 Å². The van der Waals surface area contributed by atoms with E-state index >= 15 is 0 Å². The molecule has 1 aliphatic heterocycles. The van der Waals surface area contributed by atoms with Crippen LogP contribution < -0.4 is 0 Å². The van der Waals surface area contributed by atoms with E-state index in [9.17, 15) is 0 Å². The fourth-order valence-corrected chi connectivity index (χ4v) is 2.43. The van der Waals surface area contributed by atoms with Crippen LogP contribution in [0.1, 0.15) is 6.92 Å². The molecule has 0 spiro atoms. The third-order valence-electron chi connectivity index (χ3n) is 2.24. The number of rotatable bonds is 0. The van der Waals surface area contributed by atoms with E-state index in [4.69, 9.17) is 0 Å². The molecule has 0 saturated heterocycles.